The number of carbonyl (C=O) groups excluding carboxylic acids is 3. The summed E-state index contributed by atoms with van der Waals surface area (Å²) in [5, 5.41) is 1.16. The molecule has 0 unspecified atom stereocenters. The first-order chi connectivity index (χ1) is 19.4. The molecule has 0 saturated carbocycles. The van der Waals surface area contributed by atoms with Gasteiger partial charge in [-0.1, -0.05) is 12.1 Å². The molecule has 0 saturated heterocycles. The van der Waals surface area contributed by atoms with Gasteiger partial charge >= 0.3 is 12.2 Å². The van der Waals surface area contributed by atoms with Crippen molar-refractivity contribution in [2.75, 3.05) is 9.21 Å². The zero-order valence-corrected chi connectivity index (χ0v) is 25.1. The fourth-order valence-electron chi connectivity index (χ4n) is 3.55. The number of rotatable bonds is 7. The minimum absolute atomic E-state index is 0.0251. The van der Waals surface area contributed by atoms with Crippen molar-refractivity contribution in [3.63, 3.8) is 0 Å². The summed E-state index contributed by atoms with van der Waals surface area (Å²) in [6.45, 7) is 8.23. The number of anilines is 2. The van der Waals surface area contributed by atoms with Crippen LogP contribution in [0.15, 0.2) is 46.1 Å². The Labute approximate surface area is 244 Å². The van der Waals surface area contributed by atoms with E-state index in [-0.39, 0.29) is 15.4 Å². The molecule has 226 valence electrons. The molecule has 1 aromatic heterocycles. The van der Waals surface area contributed by atoms with Crippen LogP contribution in [0.1, 0.15) is 57.5 Å². The normalized spacial score (nSPS) is 12.0. The summed E-state index contributed by atoms with van der Waals surface area (Å²) in [6.07, 6.45) is -2.30. The molecular weight excluding hydrogens is 599 g/mol. The molecule has 10 nitrogen and oxygen atoms in total. The maximum atomic E-state index is 15.6. The maximum absolute atomic E-state index is 15.6. The smallest absolute Gasteiger partial charge is 0.430 e. The lowest BCUT2D eigenvalue weighted by Gasteiger charge is -2.29. The fourth-order valence-corrected chi connectivity index (χ4v) is 5.51. The Bertz CT molecular complexity index is 1580. The van der Waals surface area contributed by atoms with Crippen LogP contribution in [0.5, 0.6) is 0 Å². The SMILES string of the molecule is CC(C)(C)OC(=O)N(Cc1c(F)cccc1C=O)c1cc(F)c(S(=O)(=O)N(C(=O)OC(C)(C)C)c2cscn2)c(F)c1. The number of nitrogens with zero attached hydrogens (tertiary/aromatic N) is 3. The van der Waals surface area contributed by atoms with E-state index in [9.17, 15) is 27.2 Å². The molecule has 2 amide bonds. The number of ether oxygens (including phenoxy) is 2. The molecule has 0 atom stereocenters. The lowest BCUT2D eigenvalue weighted by atomic mass is 10.1. The summed E-state index contributed by atoms with van der Waals surface area (Å²) in [5.74, 6) is -4.73. The molecular formula is C27H28F3N3O7S2. The third-order valence-corrected chi connectivity index (χ3v) is 7.49. The highest BCUT2D eigenvalue weighted by Crippen LogP contribution is 2.33. The molecule has 3 rings (SSSR count). The number of amides is 2. The van der Waals surface area contributed by atoms with Gasteiger partial charge in [0.25, 0.3) is 10.0 Å². The highest BCUT2D eigenvalue weighted by molar-refractivity contribution is 7.93. The van der Waals surface area contributed by atoms with Crippen molar-refractivity contribution in [2.45, 2.75) is 64.2 Å². The van der Waals surface area contributed by atoms with Crippen LogP contribution in [0.25, 0.3) is 0 Å². The summed E-state index contributed by atoms with van der Waals surface area (Å²) in [6, 6.07) is 4.58. The molecule has 0 N–H and O–H groups in total. The van der Waals surface area contributed by atoms with Crippen LogP contribution in [0.3, 0.4) is 0 Å². The highest BCUT2D eigenvalue weighted by Gasteiger charge is 2.40. The van der Waals surface area contributed by atoms with Gasteiger partial charge < -0.3 is 9.47 Å². The summed E-state index contributed by atoms with van der Waals surface area (Å²) in [5.41, 5.74) is -2.05. The summed E-state index contributed by atoms with van der Waals surface area (Å²) in [4.78, 5) is 40.4. The highest BCUT2D eigenvalue weighted by atomic mass is 32.2. The van der Waals surface area contributed by atoms with E-state index in [1.165, 1.54) is 59.2 Å². The minimum atomic E-state index is -5.31. The Kier molecular flexibility index (Phi) is 9.37. The number of halogens is 3. The quantitative estimate of drug-likeness (QED) is 0.274. The number of sulfonamides is 1. The molecule has 0 aliphatic rings. The van der Waals surface area contributed by atoms with Crippen molar-refractivity contribution >= 4 is 51.3 Å². The topological polar surface area (TPSA) is 123 Å². The largest absolute Gasteiger partial charge is 0.443 e. The van der Waals surface area contributed by atoms with Gasteiger partial charge in [0, 0.05) is 16.5 Å². The molecule has 0 aliphatic heterocycles. The number of thiazole rings is 1. The Morgan fingerprint density at radius 2 is 1.52 bits per heavy atom. The van der Waals surface area contributed by atoms with E-state index in [0.29, 0.717) is 23.3 Å². The molecule has 15 heteroatoms. The van der Waals surface area contributed by atoms with Gasteiger partial charge in [0.2, 0.25) is 0 Å². The molecule has 2 aromatic carbocycles. The standard InChI is InChI=1S/C27H28F3N3O7S2/c1-26(2,3)39-24(35)32(12-18-16(13-34)8-7-9-19(18)28)17-10-20(29)23(21(30)11-17)42(37,38)33(22-14-41-15-31-22)25(36)40-27(4,5)6/h7-11,13-15H,12H2,1-6H3. The summed E-state index contributed by atoms with van der Waals surface area (Å²) < 4.78 is 83.5. The first kappa shape index (κ1) is 32.5. The van der Waals surface area contributed by atoms with Crippen molar-refractivity contribution in [2.24, 2.45) is 0 Å². The number of hydrogen-bond donors (Lipinski definition) is 0. The Balaban J connectivity index is 2.17. The van der Waals surface area contributed by atoms with Gasteiger partial charge in [-0.05, 0) is 59.7 Å². The van der Waals surface area contributed by atoms with Crippen molar-refractivity contribution < 1.29 is 45.4 Å². The van der Waals surface area contributed by atoms with E-state index in [4.69, 9.17) is 9.47 Å². The molecule has 42 heavy (non-hydrogen) atoms. The van der Waals surface area contributed by atoms with Gasteiger partial charge in [0.05, 0.1) is 17.7 Å². The van der Waals surface area contributed by atoms with Gasteiger partial charge in [-0.15, -0.1) is 15.6 Å². The van der Waals surface area contributed by atoms with Crippen molar-refractivity contribution in [1.29, 1.82) is 0 Å². The van der Waals surface area contributed by atoms with Crippen LogP contribution < -0.4 is 9.21 Å². The Morgan fingerprint density at radius 3 is 2.02 bits per heavy atom. The fraction of sp³-hybridized carbons (Fsp3) is 0.333. The van der Waals surface area contributed by atoms with Gasteiger partial charge in [-0.3, -0.25) is 9.69 Å². The molecule has 1 heterocycles. The summed E-state index contributed by atoms with van der Waals surface area (Å²) >= 11 is 0.916. The molecule has 0 aliphatic carbocycles. The molecule has 0 radical (unpaired) electrons. The molecule has 0 fully saturated rings. The van der Waals surface area contributed by atoms with Crippen LogP contribution in [0.4, 0.5) is 34.3 Å². The van der Waals surface area contributed by atoms with Crippen molar-refractivity contribution in [3.8, 4) is 0 Å². The predicted molar refractivity (Wildman–Crippen MR) is 149 cm³/mol. The van der Waals surface area contributed by atoms with Gasteiger partial charge in [0.15, 0.2) is 17.0 Å². The maximum Gasteiger partial charge on any atom is 0.430 e. The second-order valence-electron chi connectivity index (χ2n) is 10.8. The summed E-state index contributed by atoms with van der Waals surface area (Å²) in [7, 11) is -5.31. The van der Waals surface area contributed by atoms with Crippen LogP contribution in [-0.4, -0.2) is 43.1 Å². The van der Waals surface area contributed by atoms with Crippen LogP contribution in [0, 0.1) is 17.5 Å². The lowest BCUT2D eigenvalue weighted by molar-refractivity contribution is 0.0573. The van der Waals surface area contributed by atoms with Crippen LogP contribution >= 0.6 is 11.3 Å². The number of hydrogen-bond acceptors (Lipinski definition) is 9. The van der Waals surface area contributed by atoms with E-state index < -0.39 is 73.8 Å². The molecule has 3 aromatic rings. The monoisotopic (exact) mass is 627 g/mol. The minimum Gasteiger partial charge on any atom is -0.443 e. The predicted octanol–water partition coefficient (Wildman–Crippen LogP) is 6.45. The Morgan fingerprint density at radius 1 is 0.952 bits per heavy atom. The number of benzene rings is 2. The zero-order valence-electron chi connectivity index (χ0n) is 23.5. The van der Waals surface area contributed by atoms with E-state index >= 15 is 8.78 Å². The Hall–Kier alpha value is -3.98. The molecule has 0 bridgehead atoms. The number of carbonyl (C=O) groups is 3. The average Bonchev–Trinajstić information content (AvgIpc) is 3.33. The second kappa shape index (κ2) is 12.1. The van der Waals surface area contributed by atoms with Crippen molar-refractivity contribution in [1.82, 2.24) is 4.98 Å². The second-order valence-corrected chi connectivity index (χ2v) is 13.3. The van der Waals surface area contributed by atoms with Gasteiger partial charge in [-0.25, -0.2) is 36.2 Å². The van der Waals surface area contributed by atoms with Crippen LogP contribution in [-0.2, 0) is 26.0 Å². The zero-order chi connectivity index (χ0) is 31.6. The molecule has 0 spiro atoms. The third-order valence-electron chi connectivity index (χ3n) is 5.19. The van der Waals surface area contributed by atoms with E-state index in [2.05, 4.69) is 4.98 Å². The first-order valence-electron chi connectivity index (χ1n) is 12.2. The number of aldehydes is 1. The van der Waals surface area contributed by atoms with Gasteiger partial charge in [-0.2, -0.15) is 0 Å². The lowest BCUT2D eigenvalue weighted by Crippen LogP contribution is -2.42. The first-order valence-corrected chi connectivity index (χ1v) is 14.6. The average molecular weight is 628 g/mol. The van der Waals surface area contributed by atoms with E-state index in [0.717, 1.165) is 22.8 Å². The third kappa shape index (κ3) is 7.45. The van der Waals surface area contributed by atoms with Gasteiger partial charge in [0.1, 0.15) is 28.7 Å². The van der Waals surface area contributed by atoms with Crippen molar-refractivity contribution in [3.05, 3.63) is 69.8 Å². The van der Waals surface area contributed by atoms with Crippen LogP contribution in [0.2, 0.25) is 0 Å². The van der Waals surface area contributed by atoms with E-state index in [1.807, 2.05) is 0 Å². The van der Waals surface area contributed by atoms with E-state index in [1.54, 1.807) is 0 Å². The number of aromatic nitrogens is 1.